The van der Waals surface area contributed by atoms with Crippen molar-refractivity contribution in [3.63, 3.8) is 0 Å². The normalized spacial score (nSPS) is 14.4. The van der Waals surface area contributed by atoms with Gasteiger partial charge >= 0.3 is 17.9 Å². The van der Waals surface area contributed by atoms with Crippen LogP contribution in [-0.4, -0.2) is 122 Å². The summed E-state index contributed by atoms with van der Waals surface area (Å²) in [7, 11) is 0. The number of nitrogens with two attached hydrogens (primary N) is 3. The predicted molar refractivity (Wildman–Crippen MR) is 210 cm³/mol. The van der Waals surface area contributed by atoms with Crippen molar-refractivity contribution in [2.75, 3.05) is 6.54 Å². The molecule has 0 aromatic heterocycles. The van der Waals surface area contributed by atoms with Crippen LogP contribution < -0.4 is 43.8 Å². The number of phenols is 1. The molecular formula is C37H57N9O13. The SMILES string of the molecule is CCC(C)C(NC(=O)C(CCC(=O)O)NC(=O)C(CCC(=O)O)NC(=O)C(CCC(=O)O)NC(=O)C(N)Cc1ccc(O)cc1)C(=O)NC(CCCN=C(N)N)C(C)=O. The van der Waals surface area contributed by atoms with Crippen molar-refractivity contribution in [1.82, 2.24) is 26.6 Å². The summed E-state index contributed by atoms with van der Waals surface area (Å²) in [6.45, 7) is 4.80. The average molecular weight is 836 g/mol. The van der Waals surface area contributed by atoms with E-state index in [0.717, 1.165) is 0 Å². The van der Waals surface area contributed by atoms with Gasteiger partial charge in [0.1, 0.15) is 29.9 Å². The smallest absolute Gasteiger partial charge is 0.303 e. The minimum Gasteiger partial charge on any atom is -0.508 e. The number of carbonyl (C=O) groups is 9. The van der Waals surface area contributed by atoms with Gasteiger partial charge in [-0.25, -0.2) is 0 Å². The molecule has 0 bridgehead atoms. The Labute approximate surface area is 340 Å². The van der Waals surface area contributed by atoms with Crippen LogP contribution in [-0.2, 0) is 49.6 Å². The number of aliphatic carboxylic acids is 3. The number of hydrogen-bond acceptors (Lipinski definition) is 12. The number of hydrogen-bond donors (Lipinski definition) is 12. The Balaban J connectivity index is 3.33. The minimum atomic E-state index is -1.71. The molecule has 1 aromatic carbocycles. The Morgan fingerprint density at radius 1 is 0.644 bits per heavy atom. The van der Waals surface area contributed by atoms with Crippen molar-refractivity contribution >= 4 is 59.2 Å². The number of nitrogens with one attached hydrogen (secondary N) is 5. The molecule has 15 N–H and O–H groups in total. The van der Waals surface area contributed by atoms with Crippen molar-refractivity contribution in [3.05, 3.63) is 29.8 Å². The number of carboxylic acid groups (broad SMARTS) is 3. The van der Waals surface area contributed by atoms with E-state index in [1.165, 1.54) is 31.2 Å². The number of phenolic OH excluding ortho intramolecular Hbond substituents is 1. The standard InChI is InChI=1S/C37H57N9O13/c1-4-19(2)31(36(59)42-24(20(3)47)6-5-17-41-37(39)40)46-35(58)27(13-16-30(53)54)45-34(57)26(12-15-29(51)52)44-33(56)25(11-14-28(49)50)43-32(55)23(38)18-21-7-9-22(48)10-8-21/h7-10,19,23-27,31,48H,4-6,11-18,38H2,1-3H3,(H,42,59)(H,43,55)(H,44,56)(H,45,57)(H,46,58)(H,49,50)(H,51,52)(H,53,54)(H4,39,40,41). The first-order chi connectivity index (χ1) is 27.6. The lowest BCUT2D eigenvalue weighted by molar-refractivity contribution is -0.140. The van der Waals surface area contributed by atoms with E-state index in [-0.39, 0.29) is 36.9 Å². The predicted octanol–water partition coefficient (Wildman–Crippen LogP) is -2.03. The summed E-state index contributed by atoms with van der Waals surface area (Å²) < 4.78 is 0. The van der Waals surface area contributed by atoms with Crippen LogP contribution in [0.3, 0.4) is 0 Å². The van der Waals surface area contributed by atoms with Crippen molar-refractivity contribution in [1.29, 1.82) is 0 Å². The second kappa shape index (κ2) is 25.8. The summed E-state index contributed by atoms with van der Waals surface area (Å²) in [6, 6.07) is -2.68. The van der Waals surface area contributed by atoms with E-state index in [0.29, 0.717) is 18.4 Å². The molecule has 0 aliphatic carbocycles. The summed E-state index contributed by atoms with van der Waals surface area (Å²) >= 11 is 0. The van der Waals surface area contributed by atoms with E-state index in [9.17, 15) is 63.6 Å². The molecule has 22 nitrogen and oxygen atoms in total. The maximum Gasteiger partial charge on any atom is 0.303 e. The molecule has 59 heavy (non-hydrogen) atoms. The minimum absolute atomic E-state index is 0.0291. The molecule has 22 heteroatoms. The fourth-order valence-corrected chi connectivity index (χ4v) is 5.51. The Bertz CT molecular complexity index is 1670. The summed E-state index contributed by atoms with van der Waals surface area (Å²) in [5.74, 6) is -10.0. The number of aliphatic imine (C=N–C) groups is 1. The number of carboxylic acids is 3. The number of amides is 5. The van der Waals surface area contributed by atoms with Gasteiger partial charge in [0, 0.05) is 25.8 Å². The number of guanidine groups is 1. The van der Waals surface area contributed by atoms with Crippen LogP contribution >= 0.6 is 0 Å². The highest BCUT2D eigenvalue weighted by molar-refractivity contribution is 5.97. The van der Waals surface area contributed by atoms with Crippen LogP contribution in [0.15, 0.2) is 29.3 Å². The van der Waals surface area contributed by atoms with Crippen molar-refractivity contribution in [3.8, 4) is 5.75 Å². The second-order valence-electron chi connectivity index (χ2n) is 14.0. The van der Waals surface area contributed by atoms with E-state index in [4.69, 9.17) is 17.2 Å². The van der Waals surface area contributed by atoms with Gasteiger partial charge < -0.3 is 64.2 Å². The summed E-state index contributed by atoms with van der Waals surface area (Å²) in [6.07, 6.45) is -2.72. The monoisotopic (exact) mass is 835 g/mol. The molecule has 5 amide bonds. The molecular weight excluding hydrogens is 778 g/mol. The molecule has 0 aliphatic heterocycles. The van der Waals surface area contributed by atoms with Crippen LogP contribution in [0.4, 0.5) is 0 Å². The highest BCUT2D eigenvalue weighted by atomic mass is 16.4. The number of carbonyl (C=O) groups excluding carboxylic acids is 6. The van der Waals surface area contributed by atoms with Crippen LogP contribution in [0.2, 0.25) is 0 Å². The molecule has 0 heterocycles. The quantitative estimate of drug-likeness (QED) is 0.0246. The third kappa shape index (κ3) is 20.1. The fraction of sp³-hybridized carbons (Fsp3) is 0.568. The van der Waals surface area contributed by atoms with Gasteiger partial charge in [0.15, 0.2) is 11.7 Å². The first kappa shape index (κ1) is 50.7. The number of nitrogens with zero attached hydrogens (tertiary/aromatic N) is 1. The highest BCUT2D eigenvalue weighted by Gasteiger charge is 2.34. The lowest BCUT2D eigenvalue weighted by atomic mass is 9.96. The molecule has 328 valence electrons. The molecule has 0 aliphatic rings. The van der Waals surface area contributed by atoms with Gasteiger partial charge in [0.25, 0.3) is 0 Å². The van der Waals surface area contributed by atoms with E-state index in [1.807, 2.05) is 0 Å². The van der Waals surface area contributed by atoms with Gasteiger partial charge in [-0.05, 0) is 69.1 Å². The molecule has 0 spiro atoms. The topological polar surface area (TPSA) is 385 Å². The summed E-state index contributed by atoms with van der Waals surface area (Å²) in [4.78, 5) is 118. The Kier molecular flexibility index (Phi) is 22.2. The van der Waals surface area contributed by atoms with Crippen LogP contribution in [0, 0.1) is 5.92 Å². The van der Waals surface area contributed by atoms with E-state index in [1.54, 1.807) is 13.8 Å². The summed E-state index contributed by atoms with van der Waals surface area (Å²) in [5.41, 5.74) is 17.2. The molecule has 1 rings (SSSR count). The third-order valence-corrected chi connectivity index (χ3v) is 9.11. The third-order valence-electron chi connectivity index (χ3n) is 9.11. The maximum absolute atomic E-state index is 13.7. The fourth-order valence-electron chi connectivity index (χ4n) is 5.51. The molecule has 7 unspecified atom stereocenters. The highest BCUT2D eigenvalue weighted by Crippen LogP contribution is 2.13. The summed E-state index contributed by atoms with van der Waals surface area (Å²) in [5, 5.41) is 49.7. The van der Waals surface area contributed by atoms with Gasteiger partial charge in [-0.1, -0.05) is 32.4 Å². The molecule has 0 radical (unpaired) electrons. The molecule has 7 atom stereocenters. The van der Waals surface area contributed by atoms with Crippen LogP contribution in [0.1, 0.15) is 84.1 Å². The van der Waals surface area contributed by atoms with Gasteiger partial charge in [-0.15, -0.1) is 0 Å². The molecule has 0 saturated carbocycles. The Morgan fingerprint density at radius 2 is 1.07 bits per heavy atom. The van der Waals surface area contributed by atoms with E-state index in [2.05, 4.69) is 31.6 Å². The second-order valence-corrected chi connectivity index (χ2v) is 14.0. The van der Waals surface area contributed by atoms with Gasteiger partial charge in [-0.2, -0.15) is 0 Å². The largest absolute Gasteiger partial charge is 0.508 e. The van der Waals surface area contributed by atoms with Crippen LogP contribution in [0.5, 0.6) is 5.75 Å². The number of aromatic hydroxyl groups is 1. The van der Waals surface area contributed by atoms with Crippen molar-refractivity contribution in [2.45, 2.75) is 121 Å². The lowest BCUT2D eigenvalue weighted by Gasteiger charge is -2.29. The number of Topliss-reactive ketones (excluding diaryl/α,β-unsaturated/α-hetero) is 1. The number of ketones is 1. The van der Waals surface area contributed by atoms with Gasteiger partial charge in [0.05, 0.1) is 12.1 Å². The van der Waals surface area contributed by atoms with Crippen molar-refractivity contribution in [2.24, 2.45) is 28.1 Å². The first-order valence-corrected chi connectivity index (χ1v) is 18.9. The maximum atomic E-state index is 13.7. The first-order valence-electron chi connectivity index (χ1n) is 18.9. The molecule has 0 fully saturated rings. The zero-order valence-electron chi connectivity index (χ0n) is 33.3. The van der Waals surface area contributed by atoms with Gasteiger partial charge in [0.2, 0.25) is 29.5 Å². The zero-order valence-corrected chi connectivity index (χ0v) is 33.3. The lowest BCUT2D eigenvalue weighted by Crippen LogP contribution is -2.60. The zero-order chi connectivity index (χ0) is 44.8. The van der Waals surface area contributed by atoms with Gasteiger partial charge in [-0.3, -0.25) is 48.1 Å². The van der Waals surface area contributed by atoms with Crippen LogP contribution in [0.25, 0.3) is 0 Å². The van der Waals surface area contributed by atoms with E-state index < -0.39 is 128 Å². The Morgan fingerprint density at radius 3 is 1.47 bits per heavy atom. The number of rotatable bonds is 28. The average Bonchev–Trinajstić information content (AvgIpc) is 3.16. The van der Waals surface area contributed by atoms with Crippen molar-refractivity contribution < 1.29 is 63.6 Å². The number of benzene rings is 1. The Hall–Kier alpha value is -6.32. The molecule has 1 aromatic rings. The van der Waals surface area contributed by atoms with E-state index >= 15 is 0 Å². The molecule has 0 saturated heterocycles.